The summed E-state index contributed by atoms with van der Waals surface area (Å²) < 4.78 is 0. The van der Waals surface area contributed by atoms with E-state index in [4.69, 9.17) is 5.53 Å². The van der Waals surface area contributed by atoms with Gasteiger partial charge in [0.05, 0.1) is 0 Å². The molecular formula is C14H9N3. The first-order valence-corrected chi connectivity index (χ1v) is 5.11. The van der Waals surface area contributed by atoms with Crippen molar-refractivity contribution in [1.82, 2.24) is 0 Å². The summed E-state index contributed by atoms with van der Waals surface area (Å²) >= 11 is 0. The van der Waals surface area contributed by atoms with Gasteiger partial charge in [-0.25, -0.2) is 0 Å². The van der Waals surface area contributed by atoms with Crippen molar-refractivity contribution in [2.45, 2.75) is 0 Å². The third kappa shape index (κ3) is 3.13. The molecule has 0 aliphatic heterocycles. The van der Waals surface area contributed by atoms with E-state index < -0.39 is 0 Å². The predicted molar refractivity (Wildman–Crippen MR) is 67.7 cm³/mol. The van der Waals surface area contributed by atoms with E-state index in [1.807, 2.05) is 42.5 Å². The zero-order chi connectivity index (χ0) is 11.9. The normalized spacial score (nSPS) is 8.71. The fourth-order valence-electron chi connectivity index (χ4n) is 1.36. The third-order valence-corrected chi connectivity index (χ3v) is 2.13. The lowest BCUT2D eigenvalue weighted by Gasteiger charge is -1.92. The van der Waals surface area contributed by atoms with Crippen molar-refractivity contribution in [2.24, 2.45) is 5.11 Å². The highest BCUT2D eigenvalue weighted by molar-refractivity contribution is 5.49. The lowest BCUT2D eigenvalue weighted by molar-refractivity contribution is 1.46. The van der Waals surface area contributed by atoms with E-state index in [0.717, 1.165) is 11.1 Å². The van der Waals surface area contributed by atoms with Gasteiger partial charge in [0.2, 0.25) is 0 Å². The molecule has 0 unspecified atom stereocenters. The molecule has 0 aromatic heterocycles. The Morgan fingerprint density at radius 3 is 2.35 bits per heavy atom. The van der Waals surface area contributed by atoms with E-state index in [0.29, 0.717) is 5.69 Å². The molecule has 0 aliphatic rings. The van der Waals surface area contributed by atoms with Crippen LogP contribution in [0.25, 0.3) is 10.4 Å². The lowest BCUT2D eigenvalue weighted by atomic mass is 10.2. The fourth-order valence-corrected chi connectivity index (χ4v) is 1.36. The summed E-state index contributed by atoms with van der Waals surface area (Å²) in [5, 5.41) is 3.54. The molecule has 0 saturated heterocycles. The molecule has 0 atom stereocenters. The van der Waals surface area contributed by atoms with Gasteiger partial charge in [-0.05, 0) is 29.8 Å². The SMILES string of the molecule is [N-]=[N+]=Nc1cccc(C#Cc2ccccc2)c1. The standard InChI is InChI=1S/C14H9N3/c15-17-16-14-8-4-7-13(11-14)10-9-12-5-2-1-3-6-12/h1-8,11H. The molecule has 0 saturated carbocycles. The molecule has 0 spiro atoms. The maximum atomic E-state index is 8.34. The number of hydrogen-bond acceptors (Lipinski definition) is 1. The highest BCUT2D eigenvalue weighted by atomic mass is 15.1. The first-order chi connectivity index (χ1) is 8.38. The molecule has 0 fully saturated rings. The summed E-state index contributed by atoms with van der Waals surface area (Å²) in [6, 6.07) is 16.9. The van der Waals surface area contributed by atoms with E-state index >= 15 is 0 Å². The minimum Gasteiger partial charge on any atom is -0.0622 e. The van der Waals surface area contributed by atoms with E-state index in [2.05, 4.69) is 21.9 Å². The van der Waals surface area contributed by atoms with Crippen LogP contribution in [0, 0.1) is 11.8 Å². The summed E-state index contributed by atoms with van der Waals surface area (Å²) in [5.41, 5.74) is 10.7. The molecule has 2 rings (SSSR count). The van der Waals surface area contributed by atoms with Crippen molar-refractivity contribution in [2.75, 3.05) is 0 Å². The second-order valence-corrected chi connectivity index (χ2v) is 3.36. The van der Waals surface area contributed by atoms with Crippen molar-refractivity contribution in [3.8, 4) is 11.8 Å². The molecule has 0 bridgehead atoms. The van der Waals surface area contributed by atoms with Gasteiger partial charge in [-0.1, -0.05) is 47.3 Å². The number of azide groups is 1. The van der Waals surface area contributed by atoms with E-state index in [1.54, 1.807) is 12.1 Å². The Morgan fingerprint density at radius 1 is 0.882 bits per heavy atom. The topological polar surface area (TPSA) is 48.8 Å². The third-order valence-electron chi connectivity index (χ3n) is 2.13. The van der Waals surface area contributed by atoms with Gasteiger partial charge in [0.1, 0.15) is 0 Å². The van der Waals surface area contributed by atoms with Gasteiger partial charge in [0.25, 0.3) is 0 Å². The lowest BCUT2D eigenvalue weighted by Crippen LogP contribution is -1.74. The molecule has 2 aromatic rings. The second-order valence-electron chi connectivity index (χ2n) is 3.36. The van der Waals surface area contributed by atoms with Gasteiger partial charge in [-0.3, -0.25) is 0 Å². The molecule has 0 heterocycles. The van der Waals surface area contributed by atoms with Gasteiger partial charge >= 0.3 is 0 Å². The van der Waals surface area contributed by atoms with Crippen LogP contribution in [0.3, 0.4) is 0 Å². The van der Waals surface area contributed by atoms with Crippen LogP contribution >= 0.6 is 0 Å². The second kappa shape index (κ2) is 5.41. The minimum atomic E-state index is 0.576. The van der Waals surface area contributed by atoms with Gasteiger partial charge in [0, 0.05) is 21.7 Å². The Hall–Kier alpha value is -2.69. The monoisotopic (exact) mass is 219 g/mol. The van der Waals surface area contributed by atoms with Crippen LogP contribution in [0.15, 0.2) is 59.7 Å². The van der Waals surface area contributed by atoms with Crippen molar-refractivity contribution < 1.29 is 0 Å². The van der Waals surface area contributed by atoms with Crippen molar-refractivity contribution in [3.63, 3.8) is 0 Å². The molecule has 80 valence electrons. The van der Waals surface area contributed by atoms with Gasteiger partial charge in [0.15, 0.2) is 0 Å². The zero-order valence-electron chi connectivity index (χ0n) is 9.04. The molecule has 0 aliphatic carbocycles. The average Bonchev–Trinajstić information content (AvgIpc) is 2.39. The Labute approximate surface area is 99.4 Å². The maximum Gasteiger partial charge on any atom is 0.0387 e. The molecular weight excluding hydrogens is 210 g/mol. The van der Waals surface area contributed by atoms with Crippen LogP contribution in [-0.4, -0.2) is 0 Å². The Kier molecular flexibility index (Phi) is 3.44. The van der Waals surface area contributed by atoms with E-state index in [-0.39, 0.29) is 0 Å². The Balaban J connectivity index is 2.28. The van der Waals surface area contributed by atoms with E-state index in [9.17, 15) is 0 Å². The smallest absolute Gasteiger partial charge is 0.0387 e. The van der Waals surface area contributed by atoms with Crippen LogP contribution in [-0.2, 0) is 0 Å². The highest BCUT2D eigenvalue weighted by Crippen LogP contribution is 2.13. The Morgan fingerprint density at radius 2 is 1.59 bits per heavy atom. The van der Waals surface area contributed by atoms with Crippen LogP contribution in [0.5, 0.6) is 0 Å². The molecule has 3 heteroatoms. The number of rotatable bonds is 1. The molecule has 0 N–H and O–H groups in total. The summed E-state index contributed by atoms with van der Waals surface area (Å²) in [6.07, 6.45) is 0. The van der Waals surface area contributed by atoms with Crippen molar-refractivity contribution in [1.29, 1.82) is 0 Å². The average molecular weight is 219 g/mol. The van der Waals surface area contributed by atoms with Crippen LogP contribution < -0.4 is 0 Å². The molecule has 3 nitrogen and oxygen atoms in total. The fraction of sp³-hybridized carbons (Fsp3) is 0. The number of hydrogen-bond donors (Lipinski definition) is 0. The molecule has 0 amide bonds. The summed E-state index contributed by atoms with van der Waals surface area (Å²) in [5.74, 6) is 6.07. The van der Waals surface area contributed by atoms with Crippen LogP contribution in [0.4, 0.5) is 5.69 Å². The Bertz CT molecular complexity index is 615. The molecule has 2 aromatic carbocycles. The number of benzene rings is 2. The maximum absolute atomic E-state index is 8.34. The van der Waals surface area contributed by atoms with Crippen LogP contribution in [0.2, 0.25) is 0 Å². The summed E-state index contributed by atoms with van der Waals surface area (Å²) in [7, 11) is 0. The summed E-state index contributed by atoms with van der Waals surface area (Å²) in [4.78, 5) is 2.74. The number of nitrogens with zero attached hydrogens (tertiary/aromatic N) is 3. The first-order valence-electron chi connectivity index (χ1n) is 5.11. The molecule has 17 heavy (non-hydrogen) atoms. The van der Waals surface area contributed by atoms with Crippen molar-refractivity contribution >= 4 is 5.69 Å². The summed E-state index contributed by atoms with van der Waals surface area (Å²) in [6.45, 7) is 0. The highest BCUT2D eigenvalue weighted by Gasteiger charge is 1.90. The zero-order valence-corrected chi connectivity index (χ0v) is 9.04. The largest absolute Gasteiger partial charge is 0.0622 e. The van der Waals surface area contributed by atoms with Gasteiger partial charge in [-0.2, -0.15) is 0 Å². The van der Waals surface area contributed by atoms with Gasteiger partial charge < -0.3 is 0 Å². The van der Waals surface area contributed by atoms with Crippen LogP contribution in [0.1, 0.15) is 11.1 Å². The molecule has 0 radical (unpaired) electrons. The van der Waals surface area contributed by atoms with E-state index in [1.165, 1.54) is 0 Å². The minimum absolute atomic E-state index is 0.576. The first kappa shape index (κ1) is 10.8. The quantitative estimate of drug-likeness (QED) is 0.301. The predicted octanol–water partition coefficient (Wildman–Crippen LogP) is 4.03. The van der Waals surface area contributed by atoms with Gasteiger partial charge in [-0.15, -0.1) is 0 Å². The van der Waals surface area contributed by atoms with Crippen molar-refractivity contribution in [3.05, 3.63) is 76.2 Å².